The van der Waals surface area contributed by atoms with Crippen LogP contribution in [0.4, 0.5) is 4.79 Å². The Kier molecular flexibility index (Phi) is 7.02. The third-order valence-electron chi connectivity index (χ3n) is 3.23. The number of aliphatic hydroxyl groups is 1. The maximum absolute atomic E-state index is 11.8. The van der Waals surface area contributed by atoms with Crippen LogP contribution in [0.25, 0.3) is 0 Å². The van der Waals surface area contributed by atoms with Crippen molar-refractivity contribution in [1.82, 2.24) is 10.2 Å². The molecule has 118 valence electrons. The number of hydrogen-bond donors (Lipinski definition) is 2. The Labute approximate surface area is 126 Å². The van der Waals surface area contributed by atoms with Crippen molar-refractivity contribution in [2.24, 2.45) is 0 Å². The minimum Gasteiger partial charge on any atom is -0.491 e. The minimum atomic E-state index is -0.183. The molecule has 1 unspecified atom stereocenters. The molecule has 1 rings (SSSR count). The van der Waals surface area contributed by atoms with Crippen LogP contribution in [0.5, 0.6) is 5.75 Å². The van der Waals surface area contributed by atoms with Crippen LogP contribution < -0.4 is 10.1 Å². The maximum Gasteiger partial charge on any atom is 0.317 e. The molecule has 0 saturated carbocycles. The second-order valence-electron chi connectivity index (χ2n) is 5.43. The molecule has 0 bridgehead atoms. The first-order chi connectivity index (χ1) is 9.93. The normalized spacial score (nSPS) is 12.1. The Bertz CT molecular complexity index is 432. The third kappa shape index (κ3) is 6.04. The van der Waals surface area contributed by atoms with Gasteiger partial charge in [-0.2, -0.15) is 0 Å². The van der Waals surface area contributed by atoms with Gasteiger partial charge in [-0.25, -0.2) is 4.79 Å². The lowest BCUT2D eigenvalue weighted by atomic mass is 10.1. The molecule has 0 aliphatic rings. The molecule has 0 aromatic heterocycles. The molecule has 1 aromatic rings. The highest BCUT2D eigenvalue weighted by atomic mass is 16.5. The number of carbonyl (C=O) groups excluding carboxylic acids is 1. The van der Waals surface area contributed by atoms with Crippen LogP contribution >= 0.6 is 0 Å². The Hall–Kier alpha value is -1.75. The fraction of sp³-hybridized carbons (Fsp3) is 0.562. The lowest BCUT2D eigenvalue weighted by Crippen LogP contribution is -2.44. The summed E-state index contributed by atoms with van der Waals surface area (Å²) in [5.74, 6) is 0.856. The van der Waals surface area contributed by atoms with E-state index in [0.717, 1.165) is 17.7 Å². The average molecular weight is 294 g/mol. The van der Waals surface area contributed by atoms with Crippen molar-refractivity contribution in [1.29, 1.82) is 0 Å². The molecule has 2 amide bonds. The van der Waals surface area contributed by atoms with Crippen molar-refractivity contribution < 1.29 is 14.6 Å². The zero-order chi connectivity index (χ0) is 15.8. The van der Waals surface area contributed by atoms with Crippen LogP contribution in [-0.4, -0.2) is 48.4 Å². The molecule has 5 heteroatoms. The standard InChI is InChI=1S/C16H26N2O3/c1-12(2)21-15-7-5-14(6-8-15)9-10-17-16(20)18(4)13(3)11-19/h5-8,12-13,19H,9-11H2,1-4H3,(H,17,20). The van der Waals surface area contributed by atoms with Gasteiger partial charge in [0.1, 0.15) is 5.75 Å². The van der Waals surface area contributed by atoms with Gasteiger partial charge >= 0.3 is 6.03 Å². The summed E-state index contributed by atoms with van der Waals surface area (Å²) >= 11 is 0. The summed E-state index contributed by atoms with van der Waals surface area (Å²) in [7, 11) is 1.67. The summed E-state index contributed by atoms with van der Waals surface area (Å²) in [5.41, 5.74) is 1.14. The number of ether oxygens (including phenoxy) is 1. The Morgan fingerprint density at radius 3 is 2.43 bits per heavy atom. The first kappa shape index (κ1) is 17.3. The molecule has 0 radical (unpaired) electrons. The van der Waals surface area contributed by atoms with E-state index in [9.17, 15) is 4.79 Å². The van der Waals surface area contributed by atoms with Crippen LogP contribution in [0.1, 0.15) is 26.3 Å². The van der Waals surface area contributed by atoms with E-state index < -0.39 is 0 Å². The minimum absolute atomic E-state index is 0.0404. The van der Waals surface area contributed by atoms with Crippen LogP contribution in [-0.2, 0) is 6.42 Å². The number of benzene rings is 1. The molecule has 2 N–H and O–H groups in total. The third-order valence-corrected chi connectivity index (χ3v) is 3.23. The predicted octanol–water partition coefficient (Wildman–Crippen LogP) is 2.04. The second-order valence-corrected chi connectivity index (χ2v) is 5.43. The number of urea groups is 1. The van der Waals surface area contributed by atoms with E-state index in [1.165, 1.54) is 4.90 Å². The summed E-state index contributed by atoms with van der Waals surface area (Å²) in [4.78, 5) is 13.3. The molecular weight excluding hydrogens is 268 g/mol. The molecule has 21 heavy (non-hydrogen) atoms. The van der Waals surface area contributed by atoms with Gasteiger partial charge in [0.2, 0.25) is 0 Å². The molecule has 0 heterocycles. The van der Waals surface area contributed by atoms with Crippen molar-refractivity contribution in [3.63, 3.8) is 0 Å². The van der Waals surface area contributed by atoms with E-state index in [1.807, 2.05) is 38.1 Å². The van der Waals surface area contributed by atoms with E-state index in [2.05, 4.69) is 5.32 Å². The zero-order valence-corrected chi connectivity index (χ0v) is 13.3. The number of amides is 2. The Morgan fingerprint density at radius 1 is 1.29 bits per heavy atom. The van der Waals surface area contributed by atoms with E-state index in [0.29, 0.717) is 6.54 Å². The Morgan fingerprint density at radius 2 is 1.90 bits per heavy atom. The van der Waals surface area contributed by atoms with E-state index in [1.54, 1.807) is 14.0 Å². The monoisotopic (exact) mass is 294 g/mol. The van der Waals surface area contributed by atoms with Crippen molar-refractivity contribution in [3.05, 3.63) is 29.8 Å². The summed E-state index contributed by atoms with van der Waals surface area (Å²) in [5, 5.41) is 11.8. The lowest BCUT2D eigenvalue weighted by Gasteiger charge is -2.23. The summed E-state index contributed by atoms with van der Waals surface area (Å²) in [6.45, 7) is 6.31. The SMILES string of the molecule is CC(C)Oc1ccc(CCNC(=O)N(C)C(C)CO)cc1. The van der Waals surface area contributed by atoms with Gasteiger partial charge in [0.05, 0.1) is 18.8 Å². The molecule has 0 spiro atoms. The number of hydrogen-bond acceptors (Lipinski definition) is 3. The number of carbonyl (C=O) groups is 1. The summed E-state index contributed by atoms with van der Waals surface area (Å²) in [6, 6.07) is 7.54. The number of nitrogens with one attached hydrogen (secondary N) is 1. The maximum atomic E-state index is 11.8. The van der Waals surface area contributed by atoms with E-state index in [4.69, 9.17) is 9.84 Å². The van der Waals surface area contributed by atoms with Crippen LogP contribution in [0.15, 0.2) is 24.3 Å². The predicted molar refractivity (Wildman–Crippen MR) is 83.6 cm³/mol. The largest absolute Gasteiger partial charge is 0.491 e. The first-order valence-corrected chi connectivity index (χ1v) is 7.31. The molecule has 5 nitrogen and oxygen atoms in total. The highest BCUT2D eigenvalue weighted by Crippen LogP contribution is 2.13. The molecule has 0 fully saturated rings. The fourth-order valence-electron chi connectivity index (χ4n) is 1.77. The molecule has 0 saturated heterocycles. The topological polar surface area (TPSA) is 61.8 Å². The van der Waals surface area contributed by atoms with Gasteiger partial charge < -0.3 is 20.1 Å². The van der Waals surface area contributed by atoms with Gasteiger partial charge in [-0.05, 0) is 44.9 Å². The van der Waals surface area contributed by atoms with Gasteiger partial charge in [0.15, 0.2) is 0 Å². The molecule has 1 atom stereocenters. The van der Waals surface area contributed by atoms with Gasteiger partial charge in [-0.3, -0.25) is 0 Å². The van der Waals surface area contributed by atoms with Gasteiger partial charge in [-0.1, -0.05) is 12.1 Å². The number of rotatable bonds is 7. The first-order valence-electron chi connectivity index (χ1n) is 7.31. The molecular formula is C16H26N2O3. The number of aliphatic hydroxyl groups excluding tert-OH is 1. The summed E-state index contributed by atoms with van der Waals surface area (Å²) in [6.07, 6.45) is 0.925. The van der Waals surface area contributed by atoms with Crippen LogP contribution in [0.2, 0.25) is 0 Å². The van der Waals surface area contributed by atoms with Crippen LogP contribution in [0, 0.1) is 0 Å². The number of nitrogens with zero attached hydrogens (tertiary/aromatic N) is 1. The fourth-order valence-corrected chi connectivity index (χ4v) is 1.77. The number of likely N-dealkylation sites (N-methyl/N-ethyl adjacent to an activating group) is 1. The smallest absolute Gasteiger partial charge is 0.317 e. The molecule has 0 aliphatic heterocycles. The van der Waals surface area contributed by atoms with Gasteiger partial charge in [-0.15, -0.1) is 0 Å². The van der Waals surface area contributed by atoms with Crippen molar-refractivity contribution in [3.8, 4) is 5.75 Å². The lowest BCUT2D eigenvalue weighted by molar-refractivity contribution is 0.157. The second kappa shape index (κ2) is 8.52. The highest BCUT2D eigenvalue weighted by molar-refractivity contribution is 5.74. The van der Waals surface area contributed by atoms with Gasteiger partial charge in [0, 0.05) is 13.6 Å². The highest BCUT2D eigenvalue weighted by Gasteiger charge is 2.13. The quantitative estimate of drug-likeness (QED) is 0.809. The average Bonchev–Trinajstić information content (AvgIpc) is 2.46. The van der Waals surface area contributed by atoms with Crippen molar-refractivity contribution in [2.45, 2.75) is 39.3 Å². The van der Waals surface area contributed by atoms with Gasteiger partial charge in [0.25, 0.3) is 0 Å². The van der Waals surface area contributed by atoms with Crippen molar-refractivity contribution >= 4 is 6.03 Å². The zero-order valence-electron chi connectivity index (χ0n) is 13.3. The molecule has 0 aliphatic carbocycles. The Balaban J connectivity index is 2.37. The molecule has 1 aromatic carbocycles. The van der Waals surface area contributed by atoms with E-state index in [-0.39, 0.29) is 24.8 Å². The van der Waals surface area contributed by atoms with Crippen molar-refractivity contribution in [2.75, 3.05) is 20.2 Å². The van der Waals surface area contributed by atoms with Crippen LogP contribution in [0.3, 0.4) is 0 Å². The summed E-state index contributed by atoms with van der Waals surface area (Å²) < 4.78 is 5.58. The van der Waals surface area contributed by atoms with E-state index >= 15 is 0 Å².